The molecule has 0 unspecified atom stereocenters. The lowest BCUT2D eigenvalue weighted by Crippen LogP contribution is -2.38. The second-order valence-corrected chi connectivity index (χ2v) is 3.86. The van der Waals surface area contributed by atoms with Crippen molar-refractivity contribution in [3.63, 3.8) is 0 Å². The van der Waals surface area contributed by atoms with Crippen LogP contribution in [0.3, 0.4) is 0 Å². The molecule has 0 aliphatic heterocycles. The summed E-state index contributed by atoms with van der Waals surface area (Å²) in [5.74, 6) is -0.852. The summed E-state index contributed by atoms with van der Waals surface area (Å²) < 4.78 is 1.24. The van der Waals surface area contributed by atoms with Crippen LogP contribution in [0.2, 0.25) is 0 Å². The quantitative estimate of drug-likeness (QED) is 0.561. The van der Waals surface area contributed by atoms with E-state index in [0.29, 0.717) is 12.0 Å². The number of nitrogens with one attached hydrogen (secondary N) is 1. The third-order valence-corrected chi connectivity index (χ3v) is 2.03. The highest BCUT2D eigenvalue weighted by Gasteiger charge is 2.25. The molecule has 0 rings (SSSR count). The summed E-state index contributed by atoms with van der Waals surface area (Å²) in [4.78, 5) is 22.7. The minimum Gasteiger partial charge on any atom is -0.360 e. The van der Waals surface area contributed by atoms with Crippen molar-refractivity contribution in [2.75, 3.05) is 20.6 Å². The number of carbonyl (C=O) groups is 2. The minimum atomic E-state index is -0.631. The molecule has 0 saturated carbocycles. The van der Waals surface area contributed by atoms with Gasteiger partial charge in [0.2, 0.25) is 0 Å². The van der Waals surface area contributed by atoms with Crippen molar-refractivity contribution in [3.05, 3.63) is 12.2 Å². The van der Waals surface area contributed by atoms with Crippen molar-refractivity contribution < 1.29 is 14.2 Å². The first-order valence-corrected chi connectivity index (χ1v) is 6.13. The van der Waals surface area contributed by atoms with Gasteiger partial charge >= 0.3 is 11.8 Å². The minimum absolute atomic E-state index is 0.157. The number of nitrogens with zero attached hydrogens (tertiary/aromatic N) is 1. The van der Waals surface area contributed by atoms with Gasteiger partial charge in [-0.2, -0.15) is 4.58 Å². The van der Waals surface area contributed by atoms with Crippen LogP contribution in [0.25, 0.3) is 0 Å². The fraction of sp³-hybridized carbons (Fsp3) is 0.615. The Morgan fingerprint density at radius 3 is 2.00 bits per heavy atom. The van der Waals surface area contributed by atoms with Crippen LogP contribution in [0.1, 0.15) is 33.6 Å². The number of hydrogen-bond acceptors (Lipinski definition) is 3. The van der Waals surface area contributed by atoms with Crippen LogP contribution in [-0.2, 0) is 9.59 Å². The van der Waals surface area contributed by atoms with E-state index < -0.39 is 5.91 Å². The zero-order chi connectivity index (χ0) is 14.7. The summed E-state index contributed by atoms with van der Waals surface area (Å²) in [5.41, 5.74) is 5.94. The second kappa shape index (κ2) is 10.7. The fourth-order valence-electron chi connectivity index (χ4n) is 1.14. The van der Waals surface area contributed by atoms with Crippen molar-refractivity contribution in [1.29, 1.82) is 0 Å². The van der Waals surface area contributed by atoms with E-state index in [1.54, 1.807) is 7.05 Å². The predicted octanol–water partition coefficient (Wildman–Crippen LogP) is 0.684. The average Bonchev–Trinajstić information content (AvgIpc) is 2.29. The van der Waals surface area contributed by atoms with Crippen molar-refractivity contribution in [2.24, 2.45) is 5.73 Å². The van der Waals surface area contributed by atoms with Gasteiger partial charge in [0.15, 0.2) is 0 Å². The second-order valence-electron chi connectivity index (χ2n) is 3.86. The zero-order valence-corrected chi connectivity index (χ0v) is 12.2. The zero-order valence-electron chi connectivity index (χ0n) is 12.2. The van der Waals surface area contributed by atoms with Gasteiger partial charge in [0.05, 0.1) is 0 Å². The standard InChI is InChI=1S/C10H17N3O2.C3H8/c1-5-7(2)9(10(11)15)13(4)8(14)6-12-3;1-3-2/h12H,2,5-6H2,1,3-4H3,(H-,11,15);3H2,1-2H3/p+1. The monoisotopic (exact) mass is 256 g/mol. The molecule has 3 N–H and O–H groups in total. The molecule has 0 saturated heterocycles. The van der Waals surface area contributed by atoms with Gasteiger partial charge < -0.3 is 11.1 Å². The number of nitrogens with two attached hydrogens (primary N) is 1. The summed E-state index contributed by atoms with van der Waals surface area (Å²) in [6, 6.07) is 0. The Morgan fingerprint density at radius 2 is 1.72 bits per heavy atom. The lowest BCUT2D eigenvalue weighted by molar-refractivity contribution is -0.416. The molecule has 0 atom stereocenters. The lowest BCUT2D eigenvalue weighted by atomic mass is 10.1. The van der Waals surface area contributed by atoms with Gasteiger partial charge in [-0.1, -0.05) is 33.8 Å². The van der Waals surface area contributed by atoms with E-state index in [1.807, 2.05) is 6.92 Å². The van der Waals surface area contributed by atoms with E-state index in [0.717, 1.165) is 0 Å². The molecule has 5 heteroatoms. The van der Waals surface area contributed by atoms with E-state index in [4.69, 9.17) is 5.73 Å². The molecule has 0 fully saturated rings. The third-order valence-electron chi connectivity index (χ3n) is 2.03. The van der Waals surface area contributed by atoms with Crippen LogP contribution < -0.4 is 11.1 Å². The first-order chi connectivity index (χ1) is 8.37. The normalized spacial score (nSPS) is 10.9. The number of amides is 2. The van der Waals surface area contributed by atoms with Gasteiger partial charge in [0.1, 0.15) is 13.6 Å². The Bertz CT molecular complexity index is 333. The van der Waals surface area contributed by atoms with E-state index in [-0.39, 0.29) is 18.2 Å². The molecular weight excluding hydrogens is 230 g/mol. The van der Waals surface area contributed by atoms with Crippen molar-refractivity contribution >= 4 is 17.5 Å². The van der Waals surface area contributed by atoms with E-state index >= 15 is 0 Å². The van der Waals surface area contributed by atoms with E-state index in [9.17, 15) is 9.59 Å². The first-order valence-electron chi connectivity index (χ1n) is 6.13. The van der Waals surface area contributed by atoms with Crippen LogP contribution in [0.15, 0.2) is 12.2 Å². The Balaban J connectivity index is 0. The van der Waals surface area contributed by atoms with Crippen LogP contribution in [0.5, 0.6) is 0 Å². The largest absolute Gasteiger partial charge is 0.401 e. The van der Waals surface area contributed by atoms with Crippen LogP contribution in [-0.4, -0.2) is 42.7 Å². The van der Waals surface area contributed by atoms with Crippen LogP contribution >= 0.6 is 0 Å². The maximum Gasteiger partial charge on any atom is 0.401 e. The average molecular weight is 256 g/mol. The summed E-state index contributed by atoms with van der Waals surface area (Å²) in [7, 11) is 3.17. The van der Waals surface area contributed by atoms with Crippen molar-refractivity contribution in [1.82, 2.24) is 5.32 Å². The first kappa shape index (κ1) is 18.9. The number of carbonyl (C=O) groups excluding carboxylic acids is 2. The third kappa shape index (κ3) is 6.96. The molecule has 18 heavy (non-hydrogen) atoms. The highest BCUT2D eigenvalue weighted by atomic mass is 16.2. The molecule has 0 aliphatic carbocycles. The van der Waals surface area contributed by atoms with Gasteiger partial charge in [-0.25, -0.2) is 4.79 Å². The summed E-state index contributed by atoms with van der Waals surface area (Å²) in [5, 5.41) is 2.71. The molecule has 0 aliphatic rings. The summed E-state index contributed by atoms with van der Waals surface area (Å²) >= 11 is 0. The number of hydrogen-bond donors (Lipinski definition) is 2. The number of rotatable bonds is 5. The molecule has 0 aromatic carbocycles. The van der Waals surface area contributed by atoms with Gasteiger partial charge in [0.25, 0.3) is 5.71 Å². The molecule has 0 aromatic heterocycles. The predicted molar refractivity (Wildman–Crippen MR) is 74.7 cm³/mol. The maximum absolute atomic E-state index is 11.5. The molecular formula is C13H26N3O2+. The van der Waals surface area contributed by atoms with E-state index in [1.165, 1.54) is 18.0 Å². The molecule has 0 radical (unpaired) electrons. The fourth-order valence-corrected chi connectivity index (χ4v) is 1.14. The maximum atomic E-state index is 11.5. The smallest absolute Gasteiger partial charge is 0.360 e. The van der Waals surface area contributed by atoms with Crippen LogP contribution in [0, 0.1) is 0 Å². The summed E-state index contributed by atoms with van der Waals surface area (Å²) in [6.07, 6.45) is 1.83. The SMILES string of the molecule is C=C(CC)C(C(N)=O)=[N+](C)C(=O)CNC.CCC. The topological polar surface area (TPSA) is 75.2 Å². The Labute approximate surface area is 110 Å². The Morgan fingerprint density at radius 1 is 1.28 bits per heavy atom. The molecule has 0 bridgehead atoms. The molecule has 0 spiro atoms. The number of primary amides is 1. The van der Waals surface area contributed by atoms with Gasteiger partial charge in [-0.05, 0) is 13.5 Å². The Kier molecular flexibility index (Phi) is 11.2. The van der Waals surface area contributed by atoms with Gasteiger partial charge in [-0.3, -0.25) is 4.79 Å². The molecule has 5 nitrogen and oxygen atoms in total. The molecule has 2 amide bonds. The van der Waals surface area contributed by atoms with Crippen molar-refractivity contribution in [2.45, 2.75) is 33.6 Å². The molecule has 0 aromatic rings. The van der Waals surface area contributed by atoms with Crippen molar-refractivity contribution in [3.8, 4) is 0 Å². The molecule has 104 valence electrons. The Hall–Kier alpha value is -1.49. The highest BCUT2D eigenvalue weighted by Crippen LogP contribution is 2.00. The highest BCUT2D eigenvalue weighted by molar-refractivity contribution is 6.43. The van der Waals surface area contributed by atoms with Gasteiger partial charge in [-0.15, -0.1) is 0 Å². The summed E-state index contributed by atoms with van der Waals surface area (Å²) in [6.45, 7) is 9.96. The molecule has 0 heterocycles. The lowest BCUT2D eigenvalue weighted by Gasteiger charge is -2.02. The van der Waals surface area contributed by atoms with Gasteiger partial charge in [0, 0.05) is 5.57 Å². The number of likely N-dealkylation sites (N-methyl/N-ethyl adjacent to an activating group) is 2. The van der Waals surface area contributed by atoms with E-state index in [2.05, 4.69) is 25.7 Å². The van der Waals surface area contributed by atoms with Crippen LogP contribution in [0.4, 0.5) is 0 Å².